The number of pyridine rings is 1. The molecule has 1 aromatic carbocycles. The Bertz CT molecular complexity index is 996. The Morgan fingerprint density at radius 2 is 2.00 bits per heavy atom. The molecule has 9 heteroatoms. The first-order chi connectivity index (χ1) is 12.5. The summed E-state index contributed by atoms with van der Waals surface area (Å²) >= 11 is 2.73. The van der Waals surface area contributed by atoms with Gasteiger partial charge in [-0.2, -0.15) is 0 Å². The molecule has 26 heavy (non-hydrogen) atoms. The molecular formula is C17H16FN3O3S2. The van der Waals surface area contributed by atoms with Crippen LogP contribution < -0.4 is 15.2 Å². The summed E-state index contributed by atoms with van der Waals surface area (Å²) in [6, 6.07) is 8.28. The van der Waals surface area contributed by atoms with Gasteiger partial charge in [0.15, 0.2) is 0 Å². The summed E-state index contributed by atoms with van der Waals surface area (Å²) in [5, 5.41) is 21.2. The van der Waals surface area contributed by atoms with Crippen molar-refractivity contribution < 1.29 is 14.6 Å². The highest BCUT2D eigenvalue weighted by Gasteiger charge is 2.30. The molecule has 1 aliphatic rings. The van der Waals surface area contributed by atoms with Crippen LogP contribution in [0.15, 0.2) is 45.5 Å². The molecule has 1 aliphatic heterocycles. The Morgan fingerprint density at radius 3 is 2.77 bits per heavy atom. The van der Waals surface area contributed by atoms with Gasteiger partial charge in [0, 0.05) is 24.7 Å². The smallest absolute Gasteiger partial charge is 0.255 e. The molecule has 3 heterocycles. The summed E-state index contributed by atoms with van der Waals surface area (Å²) in [5.41, 5.74) is -0.0266. The lowest BCUT2D eigenvalue weighted by Crippen LogP contribution is -2.22. The van der Waals surface area contributed by atoms with Crippen LogP contribution in [0, 0.1) is 5.82 Å². The number of anilines is 2. The normalized spacial score (nSPS) is 20.0. The van der Waals surface area contributed by atoms with E-state index in [0.29, 0.717) is 23.9 Å². The minimum absolute atomic E-state index is 0.237. The number of hydrogen-bond acceptors (Lipinski definition) is 7. The largest absolute Gasteiger partial charge is 0.389 e. The molecule has 2 aromatic heterocycles. The number of aromatic amines is 1. The second kappa shape index (κ2) is 6.92. The third-order valence-corrected chi connectivity index (χ3v) is 6.36. The van der Waals surface area contributed by atoms with Gasteiger partial charge in [-0.05, 0) is 47.7 Å². The predicted molar refractivity (Wildman–Crippen MR) is 103 cm³/mol. The molecular weight excluding hydrogens is 377 g/mol. The SMILES string of the molecule is O=c1[nH]ccc2cc(F)c(NSc3ccc(N4CC(O)C(O)C4)s3)cc12. The minimum Gasteiger partial charge on any atom is -0.389 e. The first-order valence-electron chi connectivity index (χ1n) is 7.96. The fraction of sp³-hybridized carbons (Fsp3) is 0.235. The summed E-state index contributed by atoms with van der Waals surface area (Å²) in [4.78, 5) is 16.4. The van der Waals surface area contributed by atoms with E-state index in [1.807, 2.05) is 17.0 Å². The van der Waals surface area contributed by atoms with Crippen molar-refractivity contribution in [1.82, 2.24) is 4.98 Å². The Kier molecular flexibility index (Phi) is 4.62. The quantitative estimate of drug-likeness (QED) is 0.509. The number of benzene rings is 1. The zero-order chi connectivity index (χ0) is 18.3. The number of β-amino-alcohol motifs (C(OH)–C–C–N with tert-alkyl or cyclic N) is 2. The van der Waals surface area contributed by atoms with E-state index in [1.165, 1.54) is 41.6 Å². The number of rotatable bonds is 4. The number of fused-ring (bicyclic) bond motifs is 1. The van der Waals surface area contributed by atoms with E-state index in [2.05, 4.69) is 9.71 Å². The van der Waals surface area contributed by atoms with E-state index in [0.717, 1.165) is 9.21 Å². The van der Waals surface area contributed by atoms with Crippen LogP contribution in [0.3, 0.4) is 0 Å². The fourth-order valence-corrected chi connectivity index (χ4v) is 4.68. The van der Waals surface area contributed by atoms with Crippen molar-refractivity contribution in [3.8, 4) is 0 Å². The third-order valence-electron chi connectivity index (χ3n) is 4.26. The number of nitrogens with zero attached hydrogens (tertiary/aromatic N) is 1. The highest BCUT2D eigenvalue weighted by Crippen LogP contribution is 2.35. The van der Waals surface area contributed by atoms with Crippen LogP contribution in [0.25, 0.3) is 10.8 Å². The summed E-state index contributed by atoms with van der Waals surface area (Å²) in [7, 11) is 0. The summed E-state index contributed by atoms with van der Waals surface area (Å²) in [5.74, 6) is -0.432. The average Bonchev–Trinajstić information content (AvgIpc) is 3.21. The van der Waals surface area contributed by atoms with E-state index in [4.69, 9.17) is 0 Å². The number of aliphatic hydroxyl groups excluding tert-OH is 2. The van der Waals surface area contributed by atoms with Crippen molar-refractivity contribution >= 4 is 44.7 Å². The lowest BCUT2D eigenvalue weighted by Gasteiger charge is -2.14. The molecule has 0 radical (unpaired) electrons. The van der Waals surface area contributed by atoms with Crippen LogP contribution in [0.5, 0.6) is 0 Å². The maximum absolute atomic E-state index is 14.2. The first-order valence-corrected chi connectivity index (χ1v) is 9.59. The number of halogens is 1. The molecule has 0 spiro atoms. The van der Waals surface area contributed by atoms with Gasteiger partial charge in [0.1, 0.15) is 5.82 Å². The van der Waals surface area contributed by atoms with E-state index in [9.17, 15) is 19.4 Å². The average molecular weight is 393 g/mol. The van der Waals surface area contributed by atoms with Gasteiger partial charge in [-0.15, -0.1) is 11.3 Å². The topological polar surface area (TPSA) is 88.6 Å². The van der Waals surface area contributed by atoms with Crippen LogP contribution >= 0.6 is 23.3 Å². The maximum atomic E-state index is 14.2. The molecule has 0 amide bonds. The molecule has 2 unspecified atom stereocenters. The Labute approximate surface area is 156 Å². The zero-order valence-corrected chi connectivity index (χ0v) is 15.1. The number of thiophene rings is 1. The lowest BCUT2D eigenvalue weighted by molar-refractivity contribution is 0.0572. The van der Waals surface area contributed by atoms with Gasteiger partial charge in [-0.1, -0.05) is 0 Å². The standard InChI is InChI=1S/C17H16FN3O3S2/c18-11-5-9-3-4-19-17(24)10(9)6-12(11)20-26-16-2-1-15(25-16)21-7-13(22)14(23)8-21/h1-6,13-14,20,22-23H,7-8H2,(H,19,24). The molecule has 0 bridgehead atoms. The lowest BCUT2D eigenvalue weighted by atomic mass is 10.1. The molecule has 0 aliphatic carbocycles. The molecule has 4 N–H and O–H groups in total. The van der Waals surface area contributed by atoms with E-state index in [-0.39, 0.29) is 11.2 Å². The van der Waals surface area contributed by atoms with E-state index in [1.54, 1.807) is 6.07 Å². The van der Waals surface area contributed by atoms with Gasteiger partial charge >= 0.3 is 0 Å². The molecule has 1 fully saturated rings. The van der Waals surface area contributed by atoms with Gasteiger partial charge in [0.05, 0.1) is 27.1 Å². The molecule has 6 nitrogen and oxygen atoms in total. The molecule has 0 saturated carbocycles. The monoisotopic (exact) mass is 393 g/mol. The third kappa shape index (κ3) is 3.30. The second-order valence-electron chi connectivity index (χ2n) is 6.06. The van der Waals surface area contributed by atoms with Crippen LogP contribution in [0.4, 0.5) is 15.1 Å². The maximum Gasteiger partial charge on any atom is 0.255 e. The van der Waals surface area contributed by atoms with Crippen molar-refractivity contribution in [2.45, 2.75) is 16.4 Å². The van der Waals surface area contributed by atoms with Crippen molar-refractivity contribution in [1.29, 1.82) is 0 Å². The predicted octanol–water partition coefficient (Wildman–Crippen LogP) is 2.39. The summed E-state index contributed by atoms with van der Waals surface area (Å²) in [6.07, 6.45) is 0.0120. The van der Waals surface area contributed by atoms with Crippen molar-refractivity contribution in [3.05, 3.63) is 52.7 Å². The Morgan fingerprint density at radius 1 is 1.23 bits per heavy atom. The number of hydrogen-bond donors (Lipinski definition) is 4. The van der Waals surface area contributed by atoms with Crippen LogP contribution in [-0.4, -0.2) is 40.5 Å². The second-order valence-corrected chi connectivity index (χ2v) is 8.23. The molecule has 3 aromatic rings. The molecule has 136 valence electrons. The van der Waals surface area contributed by atoms with Crippen molar-refractivity contribution in [2.24, 2.45) is 0 Å². The van der Waals surface area contributed by atoms with Crippen molar-refractivity contribution in [2.75, 3.05) is 22.7 Å². The Hall–Kier alpha value is -2.07. The highest BCUT2D eigenvalue weighted by atomic mass is 32.2. The molecule has 4 rings (SSSR count). The van der Waals surface area contributed by atoms with Crippen LogP contribution in [-0.2, 0) is 0 Å². The Balaban J connectivity index is 1.50. The molecule has 1 saturated heterocycles. The summed E-state index contributed by atoms with van der Waals surface area (Å²) in [6.45, 7) is 0.780. The zero-order valence-electron chi connectivity index (χ0n) is 13.5. The van der Waals surface area contributed by atoms with Gasteiger partial charge in [-0.3, -0.25) is 4.79 Å². The van der Waals surface area contributed by atoms with Gasteiger partial charge in [0.2, 0.25) is 0 Å². The molecule has 2 atom stereocenters. The number of H-pyrrole nitrogens is 1. The number of nitrogens with one attached hydrogen (secondary N) is 2. The van der Waals surface area contributed by atoms with E-state index >= 15 is 0 Å². The number of aromatic nitrogens is 1. The van der Waals surface area contributed by atoms with Gasteiger partial charge in [0.25, 0.3) is 5.56 Å². The number of aliphatic hydroxyl groups is 2. The van der Waals surface area contributed by atoms with Crippen molar-refractivity contribution in [3.63, 3.8) is 0 Å². The van der Waals surface area contributed by atoms with Gasteiger partial charge < -0.3 is 24.8 Å². The van der Waals surface area contributed by atoms with Crippen LogP contribution in [0.1, 0.15) is 0 Å². The van der Waals surface area contributed by atoms with Crippen LogP contribution in [0.2, 0.25) is 0 Å². The highest BCUT2D eigenvalue weighted by molar-refractivity contribution is 8.02. The summed E-state index contributed by atoms with van der Waals surface area (Å²) < 4.78 is 18.1. The fourth-order valence-electron chi connectivity index (χ4n) is 2.88. The van der Waals surface area contributed by atoms with E-state index < -0.39 is 18.0 Å². The van der Waals surface area contributed by atoms with Gasteiger partial charge in [-0.25, -0.2) is 4.39 Å². The minimum atomic E-state index is -0.740. The first kappa shape index (κ1) is 17.3.